The predicted octanol–water partition coefficient (Wildman–Crippen LogP) is 5.15. The number of carbonyl (C=O) groups excluding carboxylic acids is 1. The van der Waals surface area contributed by atoms with Crippen molar-refractivity contribution in [2.75, 3.05) is 4.90 Å². The third kappa shape index (κ3) is 4.13. The number of nitrogens with zero attached hydrogens (tertiary/aromatic N) is 4. The van der Waals surface area contributed by atoms with Gasteiger partial charge in [-0.05, 0) is 47.5 Å². The van der Waals surface area contributed by atoms with Crippen LogP contribution in [0.3, 0.4) is 0 Å². The van der Waals surface area contributed by atoms with E-state index in [2.05, 4.69) is 15.2 Å². The third-order valence-electron chi connectivity index (χ3n) is 5.37. The first kappa shape index (κ1) is 20.0. The first-order chi connectivity index (χ1) is 15.7. The predicted molar refractivity (Wildman–Crippen MR) is 126 cm³/mol. The SMILES string of the molecule is O=C(Cc1cnc2ccccn12)N(Cc1cccc(Cl)c1)c1ccc(-c2cn[nH]c2)cc1. The van der Waals surface area contributed by atoms with Crippen LogP contribution in [-0.4, -0.2) is 25.5 Å². The summed E-state index contributed by atoms with van der Waals surface area (Å²) in [5.41, 5.74) is 5.46. The summed E-state index contributed by atoms with van der Waals surface area (Å²) in [6, 6.07) is 21.3. The molecule has 0 radical (unpaired) electrons. The van der Waals surface area contributed by atoms with Crippen molar-refractivity contribution in [3.05, 3.63) is 108 Å². The van der Waals surface area contributed by atoms with Gasteiger partial charge in [0.1, 0.15) is 5.65 Å². The van der Waals surface area contributed by atoms with E-state index in [1.54, 1.807) is 17.3 Å². The van der Waals surface area contributed by atoms with Gasteiger partial charge in [0.15, 0.2) is 0 Å². The molecule has 5 rings (SSSR count). The van der Waals surface area contributed by atoms with Gasteiger partial charge in [-0.15, -0.1) is 0 Å². The Morgan fingerprint density at radius 1 is 1.00 bits per heavy atom. The summed E-state index contributed by atoms with van der Waals surface area (Å²) in [5.74, 6) is -0.0216. The minimum absolute atomic E-state index is 0.0216. The normalized spacial score (nSPS) is 11.0. The van der Waals surface area contributed by atoms with Gasteiger partial charge >= 0.3 is 0 Å². The number of nitrogens with one attached hydrogen (secondary N) is 1. The van der Waals surface area contributed by atoms with Crippen LogP contribution in [0.4, 0.5) is 5.69 Å². The van der Waals surface area contributed by atoms with E-state index in [0.29, 0.717) is 11.6 Å². The maximum atomic E-state index is 13.5. The molecular formula is C25H20ClN5O. The summed E-state index contributed by atoms with van der Waals surface area (Å²) in [4.78, 5) is 19.7. The number of carbonyl (C=O) groups is 1. The lowest BCUT2D eigenvalue weighted by Gasteiger charge is -2.23. The summed E-state index contributed by atoms with van der Waals surface area (Å²) in [5, 5.41) is 7.48. The Bertz CT molecular complexity index is 1360. The van der Waals surface area contributed by atoms with Crippen molar-refractivity contribution in [2.24, 2.45) is 0 Å². The van der Waals surface area contributed by atoms with Gasteiger partial charge in [-0.2, -0.15) is 5.10 Å². The van der Waals surface area contributed by atoms with E-state index in [-0.39, 0.29) is 12.3 Å². The standard InChI is InChI=1S/C25H20ClN5O/c26-21-5-3-4-18(12-21)17-31(22-9-7-19(8-10-22)20-14-28-29-15-20)25(32)13-23-16-27-24-6-1-2-11-30(23)24/h1-12,14-16H,13,17H2,(H,28,29). The average molecular weight is 442 g/mol. The first-order valence-corrected chi connectivity index (χ1v) is 10.6. The van der Waals surface area contributed by atoms with Gasteiger partial charge < -0.3 is 9.30 Å². The summed E-state index contributed by atoms with van der Waals surface area (Å²) in [6.07, 6.45) is 7.53. The molecule has 0 unspecified atom stereocenters. The Hall–Kier alpha value is -3.90. The number of aromatic amines is 1. The van der Waals surface area contributed by atoms with Gasteiger partial charge in [-0.25, -0.2) is 4.98 Å². The number of H-pyrrole nitrogens is 1. The molecule has 1 amide bonds. The van der Waals surface area contributed by atoms with E-state index >= 15 is 0 Å². The monoisotopic (exact) mass is 441 g/mol. The zero-order chi connectivity index (χ0) is 21.9. The Kier molecular flexibility index (Phi) is 5.44. The van der Waals surface area contributed by atoms with E-state index < -0.39 is 0 Å². The summed E-state index contributed by atoms with van der Waals surface area (Å²) in [6.45, 7) is 0.418. The second kappa shape index (κ2) is 8.69. The molecular weight excluding hydrogens is 422 g/mol. The van der Waals surface area contributed by atoms with Crippen LogP contribution in [0, 0.1) is 0 Å². The van der Waals surface area contributed by atoms with Gasteiger partial charge in [0.2, 0.25) is 5.91 Å². The lowest BCUT2D eigenvalue weighted by molar-refractivity contribution is -0.118. The van der Waals surface area contributed by atoms with Crippen molar-refractivity contribution in [1.29, 1.82) is 0 Å². The molecule has 0 fully saturated rings. The number of fused-ring (bicyclic) bond motifs is 1. The molecule has 0 aliphatic heterocycles. The lowest BCUT2D eigenvalue weighted by atomic mass is 10.1. The molecule has 0 aliphatic carbocycles. The Labute approximate surface area is 190 Å². The van der Waals surface area contributed by atoms with Crippen LogP contribution in [0.15, 0.2) is 91.5 Å². The van der Waals surface area contributed by atoms with Crippen LogP contribution in [0.2, 0.25) is 5.02 Å². The number of aromatic nitrogens is 4. The van der Waals surface area contributed by atoms with Crippen LogP contribution in [0.25, 0.3) is 16.8 Å². The molecule has 1 N–H and O–H groups in total. The second-order valence-electron chi connectivity index (χ2n) is 7.50. The topological polar surface area (TPSA) is 66.3 Å². The number of hydrogen-bond donors (Lipinski definition) is 1. The van der Waals surface area contributed by atoms with Gasteiger partial charge in [0.25, 0.3) is 0 Å². The number of anilines is 1. The number of pyridine rings is 1. The van der Waals surface area contributed by atoms with E-state index in [1.807, 2.05) is 83.5 Å². The lowest BCUT2D eigenvalue weighted by Crippen LogP contribution is -2.32. The number of halogens is 1. The Balaban J connectivity index is 1.46. The quantitative estimate of drug-likeness (QED) is 0.396. The minimum Gasteiger partial charge on any atom is -0.308 e. The molecule has 0 atom stereocenters. The average Bonchev–Trinajstić information content (AvgIpc) is 3.49. The molecule has 6 nitrogen and oxygen atoms in total. The highest BCUT2D eigenvalue weighted by Gasteiger charge is 2.19. The van der Waals surface area contributed by atoms with Crippen LogP contribution in [-0.2, 0) is 17.8 Å². The fourth-order valence-electron chi connectivity index (χ4n) is 3.75. The maximum absolute atomic E-state index is 13.5. The molecule has 7 heteroatoms. The van der Waals surface area contributed by atoms with Gasteiger partial charge in [-0.1, -0.05) is 41.9 Å². The van der Waals surface area contributed by atoms with Crippen molar-refractivity contribution in [2.45, 2.75) is 13.0 Å². The summed E-state index contributed by atoms with van der Waals surface area (Å²) >= 11 is 6.19. The number of benzene rings is 2. The van der Waals surface area contributed by atoms with Crippen molar-refractivity contribution >= 4 is 28.8 Å². The van der Waals surface area contributed by atoms with E-state index in [4.69, 9.17) is 11.6 Å². The zero-order valence-electron chi connectivity index (χ0n) is 17.1. The van der Waals surface area contributed by atoms with E-state index in [9.17, 15) is 4.79 Å². The van der Waals surface area contributed by atoms with Crippen LogP contribution < -0.4 is 4.90 Å². The number of amides is 1. The molecule has 5 aromatic rings. The highest BCUT2D eigenvalue weighted by Crippen LogP contribution is 2.25. The molecule has 158 valence electrons. The van der Waals surface area contributed by atoms with Gasteiger partial charge in [-0.3, -0.25) is 9.89 Å². The highest BCUT2D eigenvalue weighted by atomic mass is 35.5. The molecule has 32 heavy (non-hydrogen) atoms. The highest BCUT2D eigenvalue weighted by molar-refractivity contribution is 6.30. The fourth-order valence-corrected chi connectivity index (χ4v) is 3.96. The largest absolute Gasteiger partial charge is 0.308 e. The Morgan fingerprint density at radius 2 is 1.88 bits per heavy atom. The number of imidazole rings is 1. The third-order valence-corrected chi connectivity index (χ3v) is 5.60. The fraction of sp³-hybridized carbons (Fsp3) is 0.0800. The van der Waals surface area contributed by atoms with Crippen LogP contribution >= 0.6 is 11.6 Å². The Morgan fingerprint density at radius 3 is 2.66 bits per heavy atom. The van der Waals surface area contributed by atoms with Crippen LogP contribution in [0.5, 0.6) is 0 Å². The molecule has 3 heterocycles. The number of hydrogen-bond acceptors (Lipinski definition) is 3. The van der Waals surface area contributed by atoms with Crippen molar-refractivity contribution < 1.29 is 4.79 Å². The second-order valence-corrected chi connectivity index (χ2v) is 7.94. The molecule has 0 bridgehead atoms. The van der Waals surface area contributed by atoms with E-state index in [1.165, 1.54) is 0 Å². The smallest absolute Gasteiger partial charge is 0.233 e. The van der Waals surface area contributed by atoms with Gasteiger partial charge in [0, 0.05) is 34.9 Å². The maximum Gasteiger partial charge on any atom is 0.233 e. The van der Waals surface area contributed by atoms with Crippen LogP contribution in [0.1, 0.15) is 11.3 Å². The van der Waals surface area contributed by atoms with E-state index in [0.717, 1.165) is 33.7 Å². The molecule has 0 aliphatic rings. The summed E-state index contributed by atoms with van der Waals surface area (Å²) in [7, 11) is 0. The molecule has 0 saturated heterocycles. The molecule has 0 saturated carbocycles. The summed E-state index contributed by atoms with van der Waals surface area (Å²) < 4.78 is 1.94. The van der Waals surface area contributed by atoms with Gasteiger partial charge in [0.05, 0.1) is 24.9 Å². The van der Waals surface area contributed by atoms with Crippen molar-refractivity contribution in [3.63, 3.8) is 0 Å². The molecule has 3 aromatic heterocycles. The minimum atomic E-state index is -0.0216. The first-order valence-electron chi connectivity index (χ1n) is 10.2. The zero-order valence-corrected chi connectivity index (χ0v) is 17.9. The van der Waals surface area contributed by atoms with Crippen molar-refractivity contribution in [3.8, 4) is 11.1 Å². The molecule has 0 spiro atoms. The van der Waals surface area contributed by atoms with Crippen molar-refractivity contribution in [1.82, 2.24) is 19.6 Å². The number of rotatable bonds is 6. The molecule has 2 aromatic carbocycles.